The van der Waals surface area contributed by atoms with E-state index in [0.717, 1.165) is 25.7 Å². The van der Waals surface area contributed by atoms with Gasteiger partial charge in [-0.1, -0.05) is 18.2 Å². The Morgan fingerprint density at radius 1 is 1.16 bits per heavy atom. The van der Waals surface area contributed by atoms with Crippen molar-refractivity contribution in [3.8, 4) is 0 Å². The predicted octanol–water partition coefficient (Wildman–Crippen LogP) is 3.03. The largest absolute Gasteiger partial charge is 0.373 e. The molecule has 2 fully saturated rings. The van der Waals surface area contributed by atoms with Crippen molar-refractivity contribution in [1.29, 1.82) is 0 Å². The number of hydrogen-bond donors (Lipinski definition) is 0. The lowest BCUT2D eigenvalue weighted by Gasteiger charge is -2.35. The third kappa shape index (κ3) is 2.96. The van der Waals surface area contributed by atoms with Crippen molar-refractivity contribution >= 4 is 0 Å². The maximum absolute atomic E-state index is 13.5. The summed E-state index contributed by atoms with van der Waals surface area (Å²) in [6.07, 6.45) is 3.74. The summed E-state index contributed by atoms with van der Waals surface area (Å²) in [6, 6.07) is 6.76. The molecule has 1 spiro atoms. The van der Waals surface area contributed by atoms with Crippen molar-refractivity contribution in [2.75, 3.05) is 13.2 Å². The van der Waals surface area contributed by atoms with Gasteiger partial charge < -0.3 is 14.2 Å². The van der Waals surface area contributed by atoms with E-state index in [9.17, 15) is 4.39 Å². The van der Waals surface area contributed by atoms with Gasteiger partial charge in [0.15, 0.2) is 5.79 Å². The van der Waals surface area contributed by atoms with Crippen LogP contribution in [0.25, 0.3) is 0 Å². The molecule has 0 unspecified atom stereocenters. The first-order valence-corrected chi connectivity index (χ1v) is 6.90. The van der Waals surface area contributed by atoms with Crippen LogP contribution in [0.3, 0.4) is 0 Å². The van der Waals surface area contributed by atoms with Crippen molar-refractivity contribution in [2.24, 2.45) is 0 Å². The molecule has 1 saturated carbocycles. The molecule has 0 aromatic heterocycles. The van der Waals surface area contributed by atoms with Gasteiger partial charge in [0.1, 0.15) is 5.82 Å². The minimum atomic E-state index is -0.349. The molecule has 4 heteroatoms. The second-order valence-corrected chi connectivity index (χ2v) is 5.21. The molecule has 0 amide bonds. The van der Waals surface area contributed by atoms with Crippen LogP contribution in [0.15, 0.2) is 24.3 Å². The van der Waals surface area contributed by atoms with Crippen LogP contribution in [0.2, 0.25) is 0 Å². The van der Waals surface area contributed by atoms with Gasteiger partial charge in [-0.15, -0.1) is 0 Å². The van der Waals surface area contributed by atoms with Crippen LogP contribution < -0.4 is 0 Å². The minimum absolute atomic E-state index is 0.179. The number of halogens is 1. The van der Waals surface area contributed by atoms with Gasteiger partial charge in [-0.2, -0.15) is 0 Å². The van der Waals surface area contributed by atoms with Crippen LogP contribution >= 0.6 is 0 Å². The zero-order valence-electron chi connectivity index (χ0n) is 10.9. The Labute approximate surface area is 112 Å². The number of benzene rings is 1. The molecule has 3 rings (SSSR count). The van der Waals surface area contributed by atoms with Gasteiger partial charge in [0.05, 0.1) is 25.9 Å². The average Bonchev–Trinajstić information content (AvgIpc) is 2.88. The quantitative estimate of drug-likeness (QED) is 0.841. The van der Waals surface area contributed by atoms with E-state index >= 15 is 0 Å². The van der Waals surface area contributed by atoms with Crippen molar-refractivity contribution < 1.29 is 18.6 Å². The zero-order valence-corrected chi connectivity index (χ0v) is 10.9. The Morgan fingerprint density at radius 3 is 2.53 bits per heavy atom. The molecule has 1 aliphatic heterocycles. The Bertz CT molecular complexity index is 419. The van der Waals surface area contributed by atoms with Gasteiger partial charge >= 0.3 is 0 Å². The first kappa shape index (κ1) is 13.0. The normalized spacial score (nSPS) is 23.0. The van der Waals surface area contributed by atoms with E-state index < -0.39 is 0 Å². The van der Waals surface area contributed by atoms with Gasteiger partial charge in [-0.3, -0.25) is 0 Å². The van der Waals surface area contributed by atoms with Crippen LogP contribution in [0.1, 0.15) is 31.2 Å². The minimum Gasteiger partial charge on any atom is -0.373 e. The van der Waals surface area contributed by atoms with Gasteiger partial charge in [0.25, 0.3) is 0 Å². The molecule has 2 aliphatic rings. The smallest absolute Gasteiger partial charge is 0.168 e. The second kappa shape index (κ2) is 5.57. The molecular weight excluding hydrogens is 247 g/mol. The number of hydrogen-bond acceptors (Lipinski definition) is 3. The SMILES string of the molecule is Fc1ccccc1COC1CCC2(CC1)OCCO2. The maximum atomic E-state index is 13.5. The Balaban J connectivity index is 1.49. The predicted molar refractivity (Wildman–Crippen MR) is 68.1 cm³/mol. The monoisotopic (exact) mass is 266 g/mol. The van der Waals surface area contributed by atoms with Crippen LogP contribution in [0.5, 0.6) is 0 Å². The van der Waals surface area contributed by atoms with Gasteiger partial charge in [-0.05, 0) is 18.9 Å². The summed E-state index contributed by atoms with van der Waals surface area (Å²) in [5.74, 6) is -0.546. The molecule has 0 atom stereocenters. The molecule has 1 aromatic carbocycles. The van der Waals surface area contributed by atoms with Gasteiger partial charge in [-0.25, -0.2) is 4.39 Å². The third-order valence-corrected chi connectivity index (χ3v) is 3.94. The molecule has 3 nitrogen and oxygen atoms in total. The highest BCUT2D eigenvalue weighted by Gasteiger charge is 2.40. The molecule has 1 saturated heterocycles. The van der Waals surface area contributed by atoms with E-state index in [1.54, 1.807) is 12.1 Å². The van der Waals surface area contributed by atoms with Gasteiger partial charge in [0.2, 0.25) is 0 Å². The van der Waals surface area contributed by atoms with E-state index in [2.05, 4.69) is 0 Å². The summed E-state index contributed by atoms with van der Waals surface area (Å²) in [7, 11) is 0. The van der Waals surface area contributed by atoms with E-state index in [1.165, 1.54) is 6.07 Å². The molecule has 1 aliphatic carbocycles. The van der Waals surface area contributed by atoms with Crippen LogP contribution in [0.4, 0.5) is 4.39 Å². The summed E-state index contributed by atoms with van der Waals surface area (Å²) in [5.41, 5.74) is 0.621. The standard InChI is InChI=1S/C15H19FO3/c16-14-4-2-1-3-12(14)11-17-13-5-7-15(8-6-13)18-9-10-19-15/h1-4,13H,5-11H2. The fourth-order valence-corrected chi connectivity index (χ4v) is 2.81. The molecule has 19 heavy (non-hydrogen) atoms. The molecule has 104 valence electrons. The molecule has 0 bridgehead atoms. The van der Waals surface area contributed by atoms with E-state index in [-0.39, 0.29) is 17.7 Å². The fourth-order valence-electron chi connectivity index (χ4n) is 2.81. The van der Waals surface area contributed by atoms with E-state index in [0.29, 0.717) is 25.4 Å². The average molecular weight is 266 g/mol. The highest BCUT2D eigenvalue weighted by atomic mass is 19.1. The highest BCUT2D eigenvalue weighted by Crippen LogP contribution is 2.36. The van der Waals surface area contributed by atoms with Crippen LogP contribution in [0, 0.1) is 5.82 Å². The van der Waals surface area contributed by atoms with Crippen molar-refractivity contribution in [1.82, 2.24) is 0 Å². The fraction of sp³-hybridized carbons (Fsp3) is 0.600. The van der Waals surface area contributed by atoms with E-state index in [4.69, 9.17) is 14.2 Å². The maximum Gasteiger partial charge on any atom is 0.168 e. The molecule has 1 aromatic rings. The lowest BCUT2D eigenvalue weighted by Crippen LogP contribution is -2.37. The van der Waals surface area contributed by atoms with Crippen molar-refractivity contribution in [3.05, 3.63) is 35.6 Å². The Morgan fingerprint density at radius 2 is 1.84 bits per heavy atom. The molecule has 0 N–H and O–H groups in total. The van der Waals surface area contributed by atoms with Crippen LogP contribution in [-0.4, -0.2) is 25.1 Å². The summed E-state index contributed by atoms with van der Waals surface area (Å²) in [6.45, 7) is 1.73. The highest BCUT2D eigenvalue weighted by molar-refractivity contribution is 5.16. The summed E-state index contributed by atoms with van der Waals surface area (Å²) in [4.78, 5) is 0. The molecule has 0 radical (unpaired) electrons. The first-order chi connectivity index (χ1) is 9.27. The zero-order chi connectivity index (χ0) is 13.1. The number of ether oxygens (including phenoxy) is 3. The van der Waals surface area contributed by atoms with Gasteiger partial charge in [0, 0.05) is 18.4 Å². The first-order valence-electron chi connectivity index (χ1n) is 6.90. The second-order valence-electron chi connectivity index (χ2n) is 5.21. The van der Waals surface area contributed by atoms with Crippen molar-refractivity contribution in [3.63, 3.8) is 0 Å². The summed E-state index contributed by atoms with van der Waals surface area (Å²) in [5, 5.41) is 0. The topological polar surface area (TPSA) is 27.7 Å². The lowest BCUT2D eigenvalue weighted by atomic mass is 9.92. The van der Waals surface area contributed by atoms with Crippen molar-refractivity contribution in [2.45, 2.75) is 44.2 Å². The van der Waals surface area contributed by atoms with Crippen LogP contribution in [-0.2, 0) is 20.8 Å². The third-order valence-electron chi connectivity index (χ3n) is 3.94. The molecule has 1 heterocycles. The number of rotatable bonds is 3. The Hall–Kier alpha value is -0.970. The Kier molecular flexibility index (Phi) is 3.82. The summed E-state index contributed by atoms with van der Waals surface area (Å²) < 4.78 is 30.6. The van der Waals surface area contributed by atoms with E-state index in [1.807, 2.05) is 6.07 Å². The summed E-state index contributed by atoms with van der Waals surface area (Å²) >= 11 is 0. The molecular formula is C15H19FO3. The lowest BCUT2D eigenvalue weighted by molar-refractivity contribution is -0.192.